The van der Waals surface area contributed by atoms with E-state index in [1.807, 2.05) is 24.3 Å². The lowest BCUT2D eigenvalue weighted by Crippen LogP contribution is -2.15. The zero-order chi connectivity index (χ0) is 14.4. The highest BCUT2D eigenvalue weighted by Crippen LogP contribution is 2.17. The number of hydrogen-bond acceptors (Lipinski definition) is 3. The number of aromatic hydroxyl groups is 1. The van der Waals surface area contributed by atoms with Crippen LogP contribution < -0.4 is 5.32 Å². The van der Waals surface area contributed by atoms with Crippen LogP contribution >= 0.6 is 0 Å². The van der Waals surface area contributed by atoms with Crippen molar-refractivity contribution in [2.45, 2.75) is 13.0 Å². The summed E-state index contributed by atoms with van der Waals surface area (Å²) in [6.45, 7) is 0.447. The van der Waals surface area contributed by atoms with E-state index in [9.17, 15) is 9.90 Å². The van der Waals surface area contributed by atoms with Crippen LogP contribution in [0.25, 0.3) is 0 Å². The van der Waals surface area contributed by atoms with Crippen LogP contribution in [0.2, 0.25) is 0 Å². The molecule has 4 nitrogen and oxygen atoms in total. The number of amides is 1. The summed E-state index contributed by atoms with van der Waals surface area (Å²) in [5.74, 6) is 0.0363. The van der Waals surface area contributed by atoms with Gasteiger partial charge in [-0.15, -0.1) is 0 Å². The Kier molecular flexibility index (Phi) is 4.74. The van der Waals surface area contributed by atoms with Gasteiger partial charge in [0.05, 0.1) is 13.0 Å². The number of ether oxygens (including phenoxy) is 1. The van der Waals surface area contributed by atoms with Crippen LogP contribution in [0.1, 0.15) is 11.1 Å². The second kappa shape index (κ2) is 6.73. The van der Waals surface area contributed by atoms with E-state index in [2.05, 4.69) is 5.32 Å². The van der Waals surface area contributed by atoms with E-state index in [-0.39, 0.29) is 18.1 Å². The van der Waals surface area contributed by atoms with Crippen LogP contribution in [0.3, 0.4) is 0 Å². The topological polar surface area (TPSA) is 58.6 Å². The summed E-state index contributed by atoms with van der Waals surface area (Å²) in [7, 11) is 1.62. The van der Waals surface area contributed by atoms with E-state index in [1.165, 1.54) is 0 Å². The van der Waals surface area contributed by atoms with Gasteiger partial charge < -0.3 is 15.2 Å². The Morgan fingerprint density at radius 3 is 2.75 bits per heavy atom. The van der Waals surface area contributed by atoms with Crippen LogP contribution in [0, 0.1) is 0 Å². The number of phenolic OH excluding ortho intramolecular Hbond substituents is 1. The Morgan fingerprint density at radius 1 is 1.20 bits per heavy atom. The molecule has 1 amide bonds. The van der Waals surface area contributed by atoms with Gasteiger partial charge in [-0.05, 0) is 23.8 Å². The van der Waals surface area contributed by atoms with Gasteiger partial charge in [0, 0.05) is 18.4 Å². The van der Waals surface area contributed by atoms with E-state index in [0.717, 1.165) is 16.8 Å². The first kappa shape index (κ1) is 14.1. The Balaban J connectivity index is 2.05. The third kappa shape index (κ3) is 3.83. The number of anilines is 1. The highest BCUT2D eigenvalue weighted by molar-refractivity contribution is 5.93. The number of nitrogens with one attached hydrogen (secondary N) is 1. The zero-order valence-electron chi connectivity index (χ0n) is 11.3. The molecule has 0 aromatic heterocycles. The maximum absolute atomic E-state index is 12.0. The fraction of sp³-hybridized carbons (Fsp3) is 0.188. The molecule has 4 heteroatoms. The smallest absolute Gasteiger partial charge is 0.228 e. The van der Waals surface area contributed by atoms with Gasteiger partial charge in [-0.25, -0.2) is 0 Å². The van der Waals surface area contributed by atoms with Crippen molar-refractivity contribution >= 4 is 11.6 Å². The van der Waals surface area contributed by atoms with Crippen molar-refractivity contribution < 1.29 is 14.6 Å². The summed E-state index contributed by atoms with van der Waals surface area (Å²) in [6, 6.07) is 14.2. The lowest BCUT2D eigenvalue weighted by molar-refractivity contribution is -0.115. The normalized spacial score (nSPS) is 10.2. The second-order valence-corrected chi connectivity index (χ2v) is 4.49. The number of phenols is 1. The largest absolute Gasteiger partial charge is 0.508 e. The molecule has 0 fully saturated rings. The van der Waals surface area contributed by atoms with Crippen LogP contribution in [0.5, 0.6) is 5.75 Å². The molecular weight excluding hydrogens is 254 g/mol. The third-order valence-electron chi connectivity index (χ3n) is 2.87. The molecular formula is C16H17NO3. The van der Waals surface area contributed by atoms with Crippen molar-refractivity contribution in [1.29, 1.82) is 0 Å². The second-order valence-electron chi connectivity index (χ2n) is 4.49. The summed E-state index contributed by atoms with van der Waals surface area (Å²) in [5.41, 5.74) is 2.45. The maximum atomic E-state index is 12.0. The standard InChI is InChI=1S/C16H17NO3/c1-20-11-13-6-2-3-8-15(13)17-16(19)10-12-5-4-7-14(18)9-12/h2-9,18H,10-11H2,1H3,(H,17,19). The van der Waals surface area contributed by atoms with Gasteiger partial charge >= 0.3 is 0 Å². The average molecular weight is 271 g/mol. The molecule has 0 unspecified atom stereocenters. The van der Waals surface area contributed by atoms with Gasteiger partial charge in [0.2, 0.25) is 5.91 Å². The molecule has 2 rings (SSSR count). The maximum Gasteiger partial charge on any atom is 0.228 e. The van der Waals surface area contributed by atoms with E-state index < -0.39 is 0 Å². The van der Waals surface area contributed by atoms with Gasteiger partial charge in [0.1, 0.15) is 5.75 Å². The predicted octanol–water partition coefficient (Wildman–Crippen LogP) is 2.72. The summed E-state index contributed by atoms with van der Waals surface area (Å²) >= 11 is 0. The Labute approximate surface area is 118 Å². The Bertz CT molecular complexity index is 596. The van der Waals surface area contributed by atoms with Gasteiger partial charge in [-0.2, -0.15) is 0 Å². The van der Waals surface area contributed by atoms with Crippen LogP contribution in [-0.2, 0) is 22.6 Å². The first-order valence-corrected chi connectivity index (χ1v) is 6.33. The number of hydrogen-bond donors (Lipinski definition) is 2. The van der Waals surface area contributed by atoms with Crippen LogP contribution in [0.4, 0.5) is 5.69 Å². The lowest BCUT2D eigenvalue weighted by Gasteiger charge is -2.10. The van der Waals surface area contributed by atoms with E-state index in [4.69, 9.17) is 4.74 Å². The highest BCUT2D eigenvalue weighted by Gasteiger charge is 2.07. The number of methoxy groups -OCH3 is 1. The van der Waals surface area contributed by atoms with Crippen LogP contribution in [0.15, 0.2) is 48.5 Å². The first-order chi connectivity index (χ1) is 9.69. The van der Waals surface area contributed by atoms with E-state index in [0.29, 0.717) is 6.61 Å². The number of para-hydroxylation sites is 1. The average Bonchev–Trinajstić information content (AvgIpc) is 2.41. The van der Waals surface area contributed by atoms with Gasteiger partial charge in [-0.3, -0.25) is 4.79 Å². The molecule has 104 valence electrons. The zero-order valence-corrected chi connectivity index (χ0v) is 11.3. The number of carbonyl (C=O) groups excluding carboxylic acids is 1. The monoisotopic (exact) mass is 271 g/mol. The molecule has 2 aromatic rings. The summed E-state index contributed by atoms with van der Waals surface area (Å²) in [4.78, 5) is 12.0. The third-order valence-corrected chi connectivity index (χ3v) is 2.87. The quantitative estimate of drug-likeness (QED) is 0.879. The van der Waals surface area contributed by atoms with Crippen molar-refractivity contribution in [3.05, 3.63) is 59.7 Å². The Morgan fingerprint density at radius 2 is 2.00 bits per heavy atom. The number of rotatable bonds is 5. The van der Waals surface area contributed by atoms with Crippen molar-refractivity contribution in [3.63, 3.8) is 0 Å². The first-order valence-electron chi connectivity index (χ1n) is 6.33. The lowest BCUT2D eigenvalue weighted by atomic mass is 10.1. The van der Waals surface area contributed by atoms with Crippen molar-refractivity contribution in [2.24, 2.45) is 0 Å². The fourth-order valence-electron chi connectivity index (χ4n) is 1.97. The molecule has 20 heavy (non-hydrogen) atoms. The molecule has 0 saturated carbocycles. The van der Waals surface area contributed by atoms with Crippen molar-refractivity contribution in [1.82, 2.24) is 0 Å². The molecule has 2 aromatic carbocycles. The minimum absolute atomic E-state index is 0.126. The van der Waals surface area contributed by atoms with E-state index >= 15 is 0 Å². The Hall–Kier alpha value is -2.33. The fourth-order valence-corrected chi connectivity index (χ4v) is 1.97. The molecule has 0 bridgehead atoms. The summed E-state index contributed by atoms with van der Waals surface area (Å²) in [6.07, 6.45) is 0.218. The predicted molar refractivity (Wildman–Crippen MR) is 77.6 cm³/mol. The van der Waals surface area contributed by atoms with Crippen molar-refractivity contribution in [2.75, 3.05) is 12.4 Å². The molecule has 0 heterocycles. The summed E-state index contributed by atoms with van der Waals surface area (Å²) in [5, 5.41) is 12.2. The molecule has 0 radical (unpaired) electrons. The highest BCUT2D eigenvalue weighted by atomic mass is 16.5. The molecule has 0 aliphatic heterocycles. The van der Waals surface area contributed by atoms with Crippen LogP contribution in [-0.4, -0.2) is 18.1 Å². The number of benzene rings is 2. The molecule has 0 atom stereocenters. The number of carbonyl (C=O) groups is 1. The summed E-state index contributed by atoms with van der Waals surface area (Å²) < 4.78 is 5.10. The minimum atomic E-state index is -0.126. The SMILES string of the molecule is COCc1ccccc1NC(=O)Cc1cccc(O)c1. The molecule has 0 spiro atoms. The molecule has 0 aliphatic carbocycles. The van der Waals surface area contributed by atoms with E-state index in [1.54, 1.807) is 31.4 Å². The van der Waals surface area contributed by atoms with Gasteiger partial charge in [-0.1, -0.05) is 30.3 Å². The van der Waals surface area contributed by atoms with Gasteiger partial charge in [0.15, 0.2) is 0 Å². The minimum Gasteiger partial charge on any atom is -0.508 e. The molecule has 0 saturated heterocycles. The van der Waals surface area contributed by atoms with Gasteiger partial charge in [0.25, 0.3) is 0 Å². The molecule has 2 N–H and O–H groups in total. The molecule has 0 aliphatic rings. The van der Waals surface area contributed by atoms with Crippen molar-refractivity contribution in [3.8, 4) is 5.75 Å².